The van der Waals surface area contributed by atoms with Gasteiger partial charge < -0.3 is 19.8 Å². The summed E-state index contributed by atoms with van der Waals surface area (Å²) in [6, 6.07) is 9.91. The van der Waals surface area contributed by atoms with Crippen LogP contribution in [0.4, 0.5) is 0 Å². The molecule has 0 unspecified atom stereocenters. The van der Waals surface area contributed by atoms with Crippen LogP contribution in [-0.4, -0.2) is 24.1 Å². The fourth-order valence-corrected chi connectivity index (χ4v) is 3.77. The van der Waals surface area contributed by atoms with Crippen LogP contribution in [0.2, 0.25) is 0 Å². The fourth-order valence-electron chi connectivity index (χ4n) is 3.77. The lowest BCUT2D eigenvalue weighted by Crippen LogP contribution is -2.44. The van der Waals surface area contributed by atoms with Crippen molar-refractivity contribution in [3.05, 3.63) is 47.8 Å². The van der Waals surface area contributed by atoms with E-state index >= 15 is 0 Å². The van der Waals surface area contributed by atoms with Crippen molar-refractivity contribution in [2.45, 2.75) is 37.6 Å². The van der Waals surface area contributed by atoms with E-state index in [0.29, 0.717) is 19.6 Å². The molecule has 5 heteroatoms. The summed E-state index contributed by atoms with van der Waals surface area (Å²) in [4.78, 5) is 15.6. The van der Waals surface area contributed by atoms with Gasteiger partial charge in [0.1, 0.15) is 13.2 Å². The first-order valence-corrected chi connectivity index (χ1v) is 8.59. The van der Waals surface area contributed by atoms with Crippen molar-refractivity contribution >= 4 is 5.91 Å². The molecule has 4 rings (SSSR count). The molecule has 126 valence electrons. The summed E-state index contributed by atoms with van der Waals surface area (Å²) in [5.41, 5.74) is 1.76. The summed E-state index contributed by atoms with van der Waals surface area (Å²) in [7, 11) is 0. The lowest BCUT2D eigenvalue weighted by atomic mass is 9.87. The molecule has 0 saturated heterocycles. The van der Waals surface area contributed by atoms with Crippen LogP contribution in [0.5, 0.6) is 11.5 Å². The molecule has 2 heterocycles. The molecule has 2 aliphatic rings. The van der Waals surface area contributed by atoms with E-state index < -0.39 is 0 Å². The number of aromatic nitrogens is 1. The summed E-state index contributed by atoms with van der Waals surface area (Å²) in [6.07, 6.45) is 6.38. The highest BCUT2D eigenvalue weighted by Gasteiger charge is 2.37. The van der Waals surface area contributed by atoms with Crippen molar-refractivity contribution in [2.24, 2.45) is 0 Å². The molecule has 1 aliphatic heterocycles. The molecule has 0 bridgehead atoms. The molecule has 0 radical (unpaired) electrons. The smallest absolute Gasteiger partial charge is 0.226 e. The average Bonchev–Trinajstić information content (AvgIpc) is 3.27. The lowest BCUT2D eigenvalue weighted by molar-refractivity contribution is -0.122. The van der Waals surface area contributed by atoms with Crippen molar-refractivity contribution in [3.63, 3.8) is 0 Å². The SMILES string of the molecule is O=C(Cc1ccc[nH]1)NC1(c2ccc3c(c2)OCCO3)CCCC1. The largest absolute Gasteiger partial charge is 0.486 e. The summed E-state index contributed by atoms with van der Waals surface area (Å²) < 4.78 is 11.3. The number of carbonyl (C=O) groups excluding carboxylic acids is 1. The molecule has 1 aromatic carbocycles. The Labute approximate surface area is 141 Å². The van der Waals surface area contributed by atoms with Gasteiger partial charge in [-0.25, -0.2) is 0 Å². The van der Waals surface area contributed by atoms with Gasteiger partial charge in [0.25, 0.3) is 0 Å². The molecule has 1 aliphatic carbocycles. The van der Waals surface area contributed by atoms with E-state index in [0.717, 1.165) is 48.4 Å². The third-order valence-corrected chi connectivity index (χ3v) is 4.94. The maximum absolute atomic E-state index is 12.5. The molecule has 1 aromatic heterocycles. The number of rotatable bonds is 4. The zero-order chi connectivity index (χ0) is 16.4. The van der Waals surface area contributed by atoms with E-state index in [-0.39, 0.29) is 11.4 Å². The minimum absolute atomic E-state index is 0.0502. The second-order valence-electron chi connectivity index (χ2n) is 6.57. The predicted octanol–water partition coefficient (Wildman–Crippen LogP) is 2.91. The number of hydrogen-bond donors (Lipinski definition) is 2. The van der Waals surface area contributed by atoms with Crippen LogP contribution in [0.15, 0.2) is 36.5 Å². The van der Waals surface area contributed by atoms with E-state index in [4.69, 9.17) is 9.47 Å². The molecule has 2 aromatic rings. The van der Waals surface area contributed by atoms with Crippen molar-refractivity contribution < 1.29 is 14.3 Å². The zero-order valence-corrected chi connectivity index (χ0v) is 13.6. The number of aromatic amines is 1. The maximum atomic E-state index is 12.5. The third kappa shape index (κ3) is 2.86. The summed E-state index contributed by atoms with van der Waals surface area (Å²) >= 11 is 0. The highest BCUT2D eigenvalue weighted by molar-refractivity contribution is 5.79. The Morgan fingerprint density at radius 2 is 1.92 bits per heavy atom. The van der Waals surface area contributed by atoms with Crippen LogP contribution in [0.1, 0.15) is 36.9 Å². The van der Waals surface area contributed by atoms with Crippen LogP contribution >= 0.6 is 0 Å². The number of carbonyl (C=O) groups is 1. The number of ether oxygens (including phenoxy) is 2. The van der Waals surface area contributed by atoms with Gasteiger partial charge in [0, 0.05) is 11.9 Å². The highest BCUT2D eigenvalue weighted by atomic mass is 16.6. The molecule has 0 spiro atoms. The van der Waals surface area contributed by atoms with Gasteiger partial charge in [0.05, 0.1) is 12.0 Å². The third-order valence-electron chi connectivity index (χ3n) is 4.94. The van der Waals surface area contributed by atoms with E-state index in [2.05, 4.69) is 16.4 Å². The fraction of sp³-hybridized carbons (Fsp3) is 0.421. The van der Waals surface area contributed by atoms with E-state index in [9.17, 15) is 4.79 Å². The van der Waals surface area contributed by atoms with E-state index in [1.165, 1.54) is 0 Å². The first-order chi connectivity index (χ1) is 11.8. The van der Waals surface area contributed by atoms with Crippen LogP contribution < -0.4 is 14.8 Å². The number of H-pyrrole nitrogens is 1. The van der Waals surface area contributed by atoms with Gasteiger partial charge >= 0.3 is 0 Å². The Balaban J connectivity index is 1.57. The first kappa shape index (κ1) is 15.1. The van der Waals surface area contributed by atoms with Gasteiger partial charge in [-0.3, -0.25) is 4.79 Å². The van der Waals surface area contributed by atoms with Crippen LogP contribution in [-0.2, 0) is 16.8 Å². The maximum Gasteiger partial charge on any atom is 0.226 e. The molecule has 1 fully saturated rings. The molecule has 0 atom stereocenters. The van der Waals surface area contributed by atoms with Crippen molar-refractivity contribution in [2.75, 3.05) is 13.2 Å². The Kier molecular flexibility index (Phi) is 3.92. The molecule has 5 nitrogen and oxygen atoms in total. The number of amides is 1. The Morgan fingerprint density at radius 3 is 2.67 bits per heavy atom. The van der Waals surface area contributed by atoms with Crippen molar-refractivity contribution in [1.29, 1.82) is 0 Å². The second kappa shape index (κ2) is 6.23. The summed E-state index contributed by atoms with van der Waals surface area (Å²) in [5, 5.41) is 3.30. The first-order valence-electron chi connectivity index (χ1n) is 8.59. The van der Waals surface area contributed by atoms with Gasteiger partial charge in [-0.2, -0.15) is 0 Å². The van der Waals surface area contributed by atoms with Gasteiger partial charge in [0.15, 0.2) is 11.5 Å². The second-order valence-corrected chi connectivity index (χ2v) is 6.57. The van der Waals surface area contributed by atoms with Gasteiger partial charge in [-0.1, -0.05) is 18.9 Å². The predicted molar refractivity (Wildman–Crippen MR) is 90.2 cm³/mol. The number of nitrogens with one attached hydrogen (secondary N) is 2. The lowest BCUT2D eigenvalue weighted by Gasteiger charge is -2.32. The Morgan fingerprint density at radius 1 is 1.12 bits per heavy atom. The Bertz CT molecular complexity index is 718. The molecule has 1 saturated carbocycles. The average molecular weight is 326 g/mol. The van der Waals surface area contributed by atoms with Gasteiger partial charge in [0.2, 0.25) is 5.91 Å². The van der Waals surface area contributed by atoms with Gasteiger partial charge in [-0.15, -0.1) is 0 Å². The quantitative estimate of drug-likeness (QED) is 0.908. The monoisotopic (exact) mass is 326 g/mol. The van der Waals surface area contributed by atoms with Gasteiger partial charge in [-0.05, 0) is 42.7 Å². The van der Waals surface area contributed by atoms with Crippen LogP contribution in [0.25, 0.3) is 0 Å². The normalized spacial score (nSPS) is 18.3. The standard InChI is InChI=1S/C19H22N2O3/c22-18(13-15-4-3-9-20-15)21-19(7-1-2-8-19)14-5-6-16-17(12-14)24-11-10-23-16/h3-6,9,12,20H,1-2,7-8,10-11,13H2,(H,21,22). The zero-order valence-electron chi connectivity index (χ0n) is 13.6. The highest BCUT2D eigenvalue weighted by Crippen LogP contribution is 2.42. The Hall–Kier alpha value is -2.43. The number of hydrogen-bond acceptors (Lipinski definition) is 3. The molecule has 24 heavy (non-hydrogen) atoms. The minimum Gasteiger partial charge on any atom is -0.486 e. The van der Waals surface area contributed by atoms with E-state index in [1.54, 1.807) is 0 Å². The van der Waals surface area contributed by atoms with Crippen LogP contribution in [0.3, 0.4) is 0 Å². The topological polar surface area (TPSA) is 63.4 Å². The van der Waals surface area contributed by atoms with Crippen LogP contribution in [0, 0.1) is 0 Å². The minimum atomic E-state index is -0.292. The molecular formula is C19H22N2O3. The number of fused-ring (bicyclic) bond motifs is 1. The molecule has 1 amide bonds. The van der Waals surface area contributed by atoms with Crippen molar-refractivity contribution in [3.8, 4) is 11.5 Å². The van der Waals surface area contributed by atoms with E-state index in [1.807, 2.05) is 30.5 Å². The van der Waals surface area contributed by atoms with Crippen molar-refractivity contribution in [1.82, 2.24) is 10.3 Å². The summed E-state index contributed by atoms with van der Waals surface area (Å²) in [6.45, 7) is 1.16. The summed E-state index contributed by atoms with van der Waals surface area (Å²) in [5.74, 6) is 1.62. The molecule has 2 N–H and O–H groups in total. The number of benzene rings is 1. The molecular weight excluding hydrogens is 304 g/mol.